The highest BCUT2D eigenvalue weighted by atomic mass is 28.4. The molecule has 4 fully saturated rings. The Morgan fingerprint density at radius 3 is 2.12 bits per heavy atom. The van der Waals surface area contributed by atoms with Crippen LogP contribution < -0.4 is 0 Å². The van der Waals surface area contributed by atoms with Crippen LogP contribution in [-0.4, -0.2) is 14.4 Å². The van der Waals surface area contributed by atoms with Gasteiger partial charge in [-0.2, -0.15) is 0 Å². The van der Waals surface area contributed by atoms with Gasteiger partial charge in [0.15, 0.2) is 0 Å². The average molecular weight is 567 g/mol. The molecule has 5 rings (SSSR count). The summed E-state index contributed by atoms with van der Waals surface area (Å²) in [4.78, 5) is 0. The van der Waals surface area contributed by atoms with Crippen LogP contribution in [0.1, 0.15) is 146 Å². The molecule has 0 saturated heterocycles. The van der Waals surface area contributed by atoms with Crippen molar-refractivity contribution in [1.82, 2.24) is 0 Å². The zero-order chi connectivity index (χ0) is 28.9. The third-order valence-electron chi connectivity index (χ3n) is 14.2. The molecule has 8 atom stereocenters. The minimum Gasteiger partial charge on any atom is -0.413 e. The first kappa shape index (κ1) is 31.1. The molecule has 40 heavy (non-hydrogen) atoms. The van der Waals surface area contributed by atoms with Gasteiger partial charge in [0, 0.05) is 6.10 Å². The monoisotopic (exact) mass is 566 g/mol. The third-order valence-corrected chi connectivity index (χ3v) is 20.3. The van der Waals surface area contributed by atoms with Gasteiger partial charge in [-0.1, -0.05) is 105 Å². The van der Waals surface area contributed by atoms with E-state index in [2.05, 4.69) is 80.5 Å². The van der Waals surface area contributed by atoms with Crippen molar-refractivity contribution in [2.75, 3.05) is 0 Å². The predicted molar refractivity (Wildman–Crippen MR) is 176 cm³/mol. The number of rotatable bonds is 8. The Hall–Kier alpha value is -0.343. The summed E-state index contributed by atoms with van der Waals surface area (Å²) < 4.78 is 7.38. The van der Waals surface area contributed by atoms with Crippen molar-refractivity contribution in [2.24, 2.45) is 46.3 Å². The van der Waals surface area contributed by atoms with E-state index in [4.69, 9.17) is 4.43 Å². The summed E-state index contributed by atoms with van der Waals surface area (Å²) in [6, 6.07) is 0. The molecule has 0 amide bonds. The molecular weight excluding hydrogens is 501 g/mol. The molecule has 4 saturated carbocycles. The second-order valence-corrected chi connectivity index (χ2v) is 22.3. The smallest absolute Gasteiger partial charge is 0.200 e. The quantitative estimate of drug-likeness (QED) is 0.210. The van der Waals surface area contributed by atoms with Gasteiger partial charge in [-0.25, -0.2) is 0 Å². The van der Waals surface area contributed by atoms with Crippen molar-refractivity contribution in [1.29, 1.82) is 0 Å². The second-order valence-electron chi connectivity index (χ2n) is 16.9. The second kappa shape index (κ2) is 12.0. The lowest BCUT2D eigenvalue weighted by molar-refractivity contribution is -0.0534. The van der Waals surface area contributed by atoms with Crippen LogP contribution >= 0.6 is 0 Å². The summed E-state index contributed by atoms with van der Waals surface area (Å²) in [5.74, 6) is 5.27. The van der Waals surface area contributed by atoms with E-state index < -0.39 is 8.32 Å². The predicted octanol–water partition coefficient (Wildman–Crippen LogP) is 11.9. The van der Waals surface area contributed by atoms with Crippen LogP contribution in [0.5, 0.6) is 0 Å². The van der Waals surface area contributed by atoms with E-state index in [1.807, 2.05) is 0 Å². The van der Waals surface area contributed by atoms with Crippen LogP contribution in [0.15, 0.2) is 23.8 Å². The van der Waals surface area contributed by atoms with Gasteiger partial charge in [-0.05, 0) is 127 Å². The molecule has 0 aromatic heterocycles. The van der Waals surface area contributed by atoms with Gasteiger partial charge < -0.3 is 4.43 Å². The average Bonchev–Trinajstić information content (AvgIpc) is 3.27. The Balaban J connectivity index is 1.29. The van der Waals surface area contributed by atoms with Crippen molar-refractivity contribution < 1.29 is 4.43 Å². The van der Waals surface area contributed by atoms with Gasteiger partial charge in [0.1, 0.15) is 0 Å². The summed E-state index contributed by atoms with van der Waals surface area (Å²) in [5.41, 5.74) is 4.81. The minimum atomic E-state index is -1.83. The lowest BCUT2D eigenvalue weighted by Crippen LogP contribution is -2.53. The molecule has 0 N–H and O–H groups in total. The summed E-state index contributed by atoms with van der Waals surface area (Å²) in [6.07, 6.45) is 26.9. The molecule has 0 aromatic carbocycles. The van der Waals surface area contributed by atoms with E-state index in [0.29, 0.717) is 33.6 Å². The minimum absolute atomic E-state index is 0.423. The number of allylic oxidation sites excluding steroid dienone is 3. The molecule has 0 aromatic rings. The molecule has 0 heterocycles. The van der Waals surface area contributed by atoms with Crippen molar-refractivity contribution in [3.8, 4) is 0 Å². The Morgan fingerprint density at radius 2 is 1.48 bits per heavy atom. The van der Waals surface area contributed by atoms with E-state index in [1.54, 1.807) is 5.57 Å². The summed E-state index contributed by atoms with van der Waals surface area (Å²) in [6.45, 7) is 22.7. The highest BCUT2D eigenvalue weighted by molar-refractivity contribution is 6.77. The summed E-state index contributed by atoms with van der Waals surface area (Å²) in [7, 11) is -1.83. The molecular formula is C38H66OSi. The maximum absolute atomic E-state index is 7.38. The standard InChI is InChI=1S/C38H66OSi/c1-26(2)40(27(3)4,28(5)6)39-32-21-23-37(8)31(25-32)17-18-33-35-20-19-34(38(35,9)24-22-36(33)37)29(7)15-16-30-13-11-10-12-14-30/h15-17,26-30,32-36H,10-14,18-25H2,1-9H3/b16-15+/t29-,32+,33+,34-,35+,36+,37+,38-/m1/s1. The first-order valence-corrected chi connectivity index (χ1v) is 20.1. The van der Waals surface area contributed by atoms with Gasteiger partial charge in [0.05, 0.1) is 0 Å². The molecule has 2 heteroatoms. The SMILES string of the molecule is CC(C)[Si](O[C@H]1CC[C@@]2(C)C(=CC[C@H]3[C@@H]4CC[C@H]([C@H](C)/C=C/C5CCCCC5)[C@@]4(C)CC[C@@H]32)C1)(C(C)C)C(C)C. The van der Waals surface area contributed by atoms with Crippen molar-refractivity contribution in [3.63, 3.8) is 0 Å². The fourth-order valence-electron chi connectivity index (χ4n) is 12.1. The van der Waals surface area contributed by atoms with Gasteiger partial charge in [0.2, 0.25) is 8.32 Å². The normalized spacial score (nSPS) is 39.9. The van der Waals surface area contributed by atoms with Gasteiger partial charge in [-0.3, -0.25) is 0 Å². The summed E-state index contributed by atoms with van der Waals surface area (Å²) >= 11 is 0. The Kier molecular flexibility index (Phi) is 9.31. The van der Waals surface area contributed by atoms with Crippen LogP contribution in [0.25, 0.3) is 0 Å². The van der Waals surface area contributed by atoms with Crippen molar-refractivity contribution >= 4 is 8.32 Å². The van der Waals surface area contributed by atoms with Crippen LogP contribution in [0.3, 0.4) is 0 Å². The van der Waals surface area contributed by atoms with Crippen molar-refractivity contribution in [2.45, 2.75) is 169 Å². The maximum atomic E-state index is 7.38. The third kappa shape index (κ3) is 5.31. The van der Waals surface area contributed by atoms with Crippen LogP contribution in [0.4, 0.5) is 0 Å². The summed E-state index contributed by atoms with van der Waals surface area (Å²) in [5, 5.41) is 0. The van der Waals surface area contributed by atoms with E-state index in [1.165, 1.54) is 83.5 Å². The molecule has 0 radical (unpaired) electrons. The van der Waals surface area contributed by atoms with Crippen molar-refractivity contribution in [3.05, 3.63) is 23.8 Å². The molecule has 0 aliphatic heterocycles. The van der Waals surface area contributed by atoms with Gasteiger partial charge >= 0.3 is 0 Å². The molecule has 0 spiro atoms. The first-order valence-electron chi connectivity index (χ1n) is 18.0. The van der Waals surface area contributed by atoms with Gasteiger partial charge in [0.25, 0.3) is 0 Å². The zero-order valence-electron chi connectivity index (χ0n) is 28.1. The molecule has 5 aliphatic rings. The van der Waals surface area contributed by atoms with Crippen LogP contribution in [0, 0.1) is 46.3 Å². The number of hydrogen-bond donors (Lipinski definition) is 0. The number of hydrogen-bond acceptors (Lipinski definition) is 1. The molecule has 1 nitrogen and oxygen atoms in total. The first-order chi connectivity index (χ1) is 18.9. The fraction of sp³-hybridized carbons (Fsp3) is 0.895. The maximum Gasteiger partial charge on any atom is 0.200 e. The molecule has 0 bridgehead atoms. The Labute approximate surface area is 250 Å². The Bertz CT molecular complexity index is 902. The molecule has 5 aliphatic carbocycles. The van der Waals surface area contributed by atoms with Crippen LogP contribution in [-0.2, 0) is 4.43 Å². The highest BCUT2D eigenvalue weighted by Gasteiger charge is 2.59. The largest absolute Gasteiger partial charge is 0.413 e. The van der Waals surface area contributed by atoms with Crippen LogP contribution in [0.2, 0.25) is 16.6 Å². The van der Waals surface area contributed by atoms with E-state index in [-0.39, 0.29) is 0 Å². The fourth-order valence-corrected chi connectivity index (χ4v) is 17.7. The molecule has 228 valence electrons. The Morgan fingerprint density at radius 1 is 0.800 bits per heavy atom. The number of fused-ring (bicyclic) bond motifs is 5. The zero-order valence-corrected chi connectivity index (χ0v) is 29.1. The van der Waals surface area contributed by atoms with Gasteiger partial charge in [-0.15, -0.1) is 0 Å². The topological polar surface area (TPSA) is 9.23 Å². The molecule has 0 unspecified atom stereocenters. The lowest BCUT2D eigenvalue weighted by atomic mass is 9.47. The van der Waals surface area contributed by atoms with E-state index in [0.717, 1.165) is 35.5 Å². The highest BCUT2D eigenvalue weighted by Crippen LogP contribution is 2.67. The van der Waals surface area contributed by atoms with E-state index >= 15 is 0 Å². The van der Waals surface area contributed by atoms with E-state index in [9.17, 15) is 0 Å². The lowest BCUT2D eigenvalue weighted by Gasteiger charge is -2.59.